The average Bonchev–Trinajstić information content (AvgIpc) is 3.81. The SMILES string of the molecule is COc1ccc([Si](C)(C)[C@H]2[C@H](CC(=O)N3CCC[C@H]3CO)O[C@@]3(C(=O)Nc4ccc(NC(=O)[C@H]5CCCN5)cc43)[C@@H]2C)cc1. The maximum Gasteiger partial charge on any atom is 0.261 e. The number of methoxy groups -OCH3 is 1. The van der Waals surface area contributed by atoms with Crippen LogP contribution >= 0.6 is 0 Å². The zero-order valence-corrected chi connectivity index (χ0v) is 27.0. The van der Waals surface area contributed by atoms with Crippen molar-refractivity contribution in [3.8, 4) is 5.75 Å². The minimum absolute atomic E-state index is 0.0518. The van der Waals surface area contributed by atoms with Gasteiger partial charge in [0.05, 0.1) is 46.4 Å². The Hall–Kier alpha value is -3.25. The van der Waals surface area contributed by atoms with Crippen molar-refractivity contribution in [2.45, 2.75) is 81.5 Å². The summed E-state index contributed by atoms with van der Waals surface area (Å²) in [5.74, 6) is 0.125. The van der Waals surface area contributed by atoms with Crippen molar-refractivity contribution >= 4 is 42.4 Å². The zero-order valence-electron chi connectivity index (χ0n) is 26.0. The van der Waals surface area contributed by atoms with E-state index >= 15 is 0 Å². The van der Waals surface area contributed by atoms with E-state index in [0.717, 1.165) is 38.0 Å². The molecule has 0 aromatic heterocycles. The van der Waals surface area contributed by atoms with Crippen LogP contribution in [0.4, 0.5) is 11.4 Å². The Bertz CT molecular complexity index is 1430. The number of anilines is 2. The number of hydrogen-bond acceptors (Lipinski definition) is 7. The van der Waals surface area contributed by atoms with E-state index in [1.54, 1.807) is 12.0 Å². The Morgan fingerprint density at radius 1 is 1.16 bits per heavy atom. The molecule has 6 rings (SSSR count). The second-order valence-electron chi connectivity index (χ2n) is 13.3. The molecule has 0 aliphatic carbocycles. The molecular formula is C33H44N4O6Si. The molecule has 3 saturated heterocycles. The number of nitrogens with zero attached hydrogens (tertiary/aromatic N) is 1. The number of nitrogens with one attached hydrogen (secondary N) is 3. The van der Waals surface area contributed by atoms with Gasteiger partial charge in [0.15, 0.2) is 5.60 Å². The quantitative estimate of drug-likeness (QED) is 0.334. The van der Waals surface area contributed by atoms with Crippen molar-refractivity contribution in [3.05, 3.63) is 48.0 Å². The Labute approximate surface area is 259 Å². The lowest BCUT2D eigenvalue weighted by Crippen LogP contribution is -2.52. The predicted molar refractivity (Wildman–Crippen MR) is 171 cm³/mol. The summed E-state index contributed by atoms with van der Waals surface area (Å²) in [5.41, 5.74) is 0.567. The van der Waals surface area contributed by atoms with Gasteiger partial charge in [-0.25, -0.2) is 0 Å². The maximum absolute atomic E-state index is 14.0. The molecule has 4 N–H and O–H groups in total. The van der Waals surface area contributed by atoms with Crippen LogP contribution in [0.3, 0.4) is 0 Å². The molecule has 236 valence electrons. The smallest absolute Gasteiger partial charge is 0.261 e. The van der Waals surface area contributed by atoms with Crippen molar-refractivity contribution in [1.29, 1.82) is 0 Å². The molecule has 3 fully saturated rings. The fourth-order valence-electron chi connectivity index (χ4n) is 8.19. The number of fused-ring (bicyclic) bond motifs is 2. The number of ether oxygens (including phenoxy) is 2. The second-order valence-corrected chi connectivity index (χ2v) is 18.0. The summed E-state index contributed by atoms with van der Waals surface area (Å²) < 4.78 is 12.4. The van der Waals surface area contributed by atoms with Crippen LogP contribution in [0.15, 0.2) is 42.5 Å². The van der Waals surface area contributed by atoms with Crippen molar-refractivity contribution in [2.24, 2.45) is 5.92 Å². The highest BCUT2D eigenvalue weighted by molar-refractivity contribution is 6.91. The first-order chi connectivity index (χ1) is 21.1. The fraction of sp³-hybridized carbons (Fsp3) is 0.545. The number of likely N-dealkylation sites (tertiary alicyclic amines) is 1. The number of benzene rings is 2. The van der Waals surface area contributed by atoms with Gasteiger partial charge in [0, 0.05) is 29.4 Å². The summed E-state index contributed by atoms with van der Waals surface area (Å²) in [4.78, 5) is 42.5. The van der Waals surface area contributed by atoms with Crippen LogP contribution < -0.4 is 25.9 Å². The van der Waals surface area contributed by atoms with E-state index in [4.69, 9.17) is 9.47 Å². The first-order valence-electron chi connectivity index (χ1n) is 15.8. The van der Waals surface area contributed by atoms with E-state index in [0.29, 0.717) is 23.5 Å². The third-order valence-corrected chi connectivity index (χ3v) is 14.9. The highest BCUT2D eigenvalue weighted by atomic mass is 28.3. The number of aliphatic hydroxyl groups excluding tert-OH is 1. The van der Waals surface area contributed by atoms with Gasteiger partial charge in [0.1, 0.15) is 5.75 Å². The fourth-order valence-corrected chi connectivity index (χ4v) is 12.2. The van der Waals surface area contributed by atoms with Crippen LogP contribution in [0.2, 0.25) is 18.6 Å². The first kappa shape index (κ1) is 30.8. The number of rotatable bonds is 8. The zero-order chi connectivity index (χ0) is 31.2. The molecule has 10 nitrogen and oxygen atoms in total. The Morgan fingerprint density at radius 3 is 2.61 bits per heavy atom. The molecule has 4 aliphatic rings. The van der Waals surface area contributed by atoms with Crippen molar-refractivity contribution in [2.75, 3.05) is 37.4 Å². The highest BCUT2D eigenvalue weighted by Crippen LogP contribution is 2.59. The van der Waals surface area contributed by atoms with Gasteiger partial charge >= 0.3 is 0 Å². The largest absolute Gasteiger partial charge is 0.497 e. The van der Waals surface area contributed by atoms with E-state index in [9.17, 15) is 19.5 Å². The van der Waals surface area contributed by atoms with E-state index in [2.05, 4.69) is 48.1 Å². The topological polar surface area (TPSA) is 129 Å². The molecule has 3 amide bonds. The maximum atomic E-state index is 14.0. The van der Waals surface area contributed by atoms with Crippen molar-refractivity contribution < 1.29 is 29.0 Å². The van der Waals surface area contributed by atoms with Crippen molar-refractivity contribution in [3.63, 3.8) is 0 Å². The van der Waals surface area contributed by atoms with Crippen molar-refractivity contribution in [1.82, 2.24) is 10.2 Å². The number of aliphatic hydroxyl groups is 1. The normalized spacial score (nSPS) is 29.6. The van der Waals surface area contributed by atoms with Crippen LogP contribution in [0.1, 0.15) is 44.6 Å². The molecule has 0 unspecified atom stereocenters. The van der Waals surface area contributed by atoms with Gasteiger partial charge in [0.25, 0.3) is 5.91 Å². The number of carbonyl (C=O) groups excluding carboxylic acids is 3. The molecule has 44 heavy (non-hydrogen) atoms. The van der Waals surface area contributed by atoms with Gasteiger partial charge in [0.2, 0.25) is 11.8 Å². The molecule has 6 atom stereocenters. The number of hydrogen-bond donors (Lipinski definition) is 4. The van der Waals surface area contributed by atoms with E-state index in [1.165, 1.54) is 5.19 Å². The lowest BCUT2D eigenvalue weighted by atomic mass is 9.82. The highest BCUT2D eigenvalue weighted by Gasteiger charge is 2.65. The molecule has 4 aliphatic heterocycles. The molecule has 1 spiro atoms. The molecule has 2 aromatic carbocycles. The number of amides is 3. The summed E-state index contributed by atoms with van der Waals surface area (Å²) in [6, 6.07) is 13.2. The van der Waals surface area contributed by atoms with E-state index in [-0.39, 0.29) is 54.3 Å². The number of carbonyl (C=O) groups is 3. The van der Waals surface area contributed by atoms with Gasteiger partial charge in [-0.2, -0.15) is 0 Å². The summed E-state index contributed by atoms with van der Waals surface area (Å²) in [6.07, 6.45) is 3.01. The molecule has 0 bridgehead atoms. The molecule has 2 aromatic rings. The van der Waals surface area contributed by atoms with Gasteiger partial charge in [-0.3, -0.25) is 14.4 Å². The van der Waals surface area contributed by atoms with E-state index in [1.807, 2.05) is 30.3 Å². The summed E-state index contributed by atoms with van der Waals surface area (Å²) in [7, 11) is -0.757. The summed E-state index contributed by atoms with van der Waals surface area (Å²) >= 11 is 0. The van der Waals surface area contributed by atoms with Crippen LogP contribution in [0.25, 0.3) is 0 Å². The Balaban J connectivity index is 1.37. The second kappa shape index (κ2) is 11.9. The average molecular weight is 621 g/mol. The summed E-state index contributed by atoms with van der Waals surface area (Å²) in [6.45, 7) is 8.00. The lowest BCUT2D eigenvalue weighted by Gasteiger charge is -2.37. The molecule has 0 saturated carbocycles. The molecule has 11 heteroatoms. The van der Waals surface area contributed by atoms with Crippen LogP contribution in [-0.4, -0.2) is 80.8 Å². The van der Waals surface area contributed by atoms with Gasteiger partial charge < -0.3 is 35.4 Å². The molecule has 4 heterocycles. The molecular weight excluding hydrogens is 576 g/mol. The molecule has 0 radical (unpaired) electrons. The third-order valence-electron chi connectivity index (χ3n) is 10.5. The van der Waals surface area contributed by atoms with Gasteiger partial charge in [-0.15, -0.1) is 0 Å². The third kappa shape index (κ3) is 5.13. The minimum Gasteiger partial charge on any atom is -0.497 e. The van der Waals surface area contributed by atoms with Gasteiger partial charge in [-0.1, -0.05) is 37.3 Å². The lowest BCUT2D eigenvalue weighted by molar-refractivity contribution is -0.148. The Morgan fingerprint density at radius 2 is 1.93 bits per heavy atom. The standard InChI is InChI=1S/C33H44N4O6Si/c1-20-30(44(3,4)24-12-10-23(42-2)11-13-24)28(18-29(39)37-16-6-7-22(37)19-38)43-33(20)25-17-21(9-14-26(25)36-32(33)41)35-31(40)27-8-5-15-34-27/h9-14,17,20,22,27-28,30,34,38H,5-8,15-16,18-19H2,1-4H3,(H,35,40)(H,36,41)/t20-,22+,27-,28+,30-,33+/m1/s1. The first-order valence-corrected chi connectivity index (χ1v) is 18.9. The summed E-state index contributed by atoms with van der Waals surface area (Å²) in [5, 5.41) is 20.4. The van der Waals surface area contributed by atoms with Gasteiger partial charge in [-0.05, 0) is 68.1 Å². The van der Waals surface area contributed by atoms with Crippen LogP contribution in [0, 0.1) is 5.92 Å². The van der Waals surface area contributed by atoms with Crippen LogP contribution in [0.5, 0.6) is 5.75 Å². The Kier molecular flexibility index (Phi) is 8.33. The minimum atomic E-state index is -2.40. The van der Waals surface area contributed by atoms with Crippen LogP contribution in [-0.2, 0) is 24.7 Å². The van der Waals surface area contributed by atoms with E-state index < -0.39 is 19.8 Å². The predicted octanol–water partition coefficient (Wildman–Crippen LogP) is 2.93. The monoisotopic (exact) mass is 620 g/mol.